The Hall–Kier alpha value is -1.43. The predicted molar refractivity (Wildman–Crippen MR) is 74.4 cm³/mol. The molecule has 0 spiro atoms. The molecule has 0 saturated carbocycles. The predicted octanol–water partition coefficient (Wildman–Crippen LogP) is -0.836. The molecule has 1 aromatic carbocycles. The Morgan fingerprint density at radius 3 is 2.35 bits per heavy atom. The van der Waals surface area contributed by atoms with Gasteiger partial charge in [0.2, 0.25) is 6.54 Å². The zero-order valence-electron chi connectivity index (χ0n) is 11.7. The van der Waals surface area contributed by atoms with Crippen LogP contribution in [-0.2, 0) is 11.3 Å². The fraction of sp³-hybridized carbons (Fsp3) is 0.250. The lowest BCUT2D eigenvalue weighted by molar-refractivity contribution is -0.684. The van der Waals surface area contributed by atoms with Crippen molar-refractivity contribution in [3.8, 4) is 0 Å². The fourth-order valence-corrected chi connectivity index (χ4v) is 1.92. The molecular formula is C16H19IN2O. The van der Waals surface area contributed by atoms with Gasteiger partial charge < -0.3 is 29.3 Å². The molecule has 0 saturated heterocycles. The van der Waals surface area contributed by atoms with Gasteiger partial charge in [-0.1, -0.05) is 30.3 Å². The molecule has 1 unspecified atom stereocenters. The molecule has 3 nitrogen and oxygen atoms in total. The summed E-state index contributed by atoms with van der Waals surface area (Å²) in [6.45, 7) is 4.37. The van der Waals surface area contributed by atoms with Gasteiger partial charge in [0, 0.05) is 12.1 Å². The first-order valence-electron chi connectivity index (χ1n) is 6.45. The molecule has 2 aromatic rings. The summed E-state index contributed by atoms with van der Waals surface area (Å²) in [5.74, 6) is 0.0187. The number of carbonyl (C=O) groups excluding carboxylic acids is 1. The summed E-state index contributed by atoms with van der Waals surface area (Å²) in [5, 5.41) is 3.00. The van der Waals surface area contributed by atoms with Crippen molar-refractivity contribution in [2.24, 2.45) is 0 Å². The summed E-state index contributed by atoms with van der Waals surface area (Å²) < 4.78 is 1.88. The molecule has 1 amide bonds. The van der Waals surface area contributed by atoms with Gasteiger partial charge in [0.25, 0.3) is 5.91 Å². The number of nitrogens with one attached hydrogen (secondary N) is 1. The normalized spacial score (nSPS) is 11.3. The van der Waals surface area contributed by atoms with E-state index in [4.69, 9.17) is 0 Å². The SMILES string of the molecule is Cc1cc[n+](CC(=O)NC(C)c2ccccc2)cc1.[I-]. The number of halogens is 1. The second kappa shape index (κ2) is 7.99. The van der Waals surface area contributed by atoms with E-state index in [9.17, 15) is 4.79 Å². The van der Waals surface area contributed by atoms with E-state index in [1.165, 1.54) is 5.56 Å². The van der Waals surface area contributed by atoms with Crippen LogP contribution < -0.4 is 33.9 Å². The molecule has 1 heterocycles. The van der Waals surface area contributed by atoms with Crippen LogP contribution in [0.15, 0.2) is 54.9 Å². The van der Waals surface area contributed by atoms with Crippen molar-refractivity contribution in [3.63, 3.8) is 0 Å². The maximum Gasteiger partial charge on any atom is 0.286 e. The molecule has 0 radical (unpaired) electrons. The van der Waals surface area contributed by atoms with Crippen molar-refractivity contribution in [2.45, 2.75) is 26.4 Å². The summed E-state index contributed by atoms with van der Waals surface area (Å²) in [6.07, 6.45) is 3.84. The number of carbonyl (C=O) groups is 1. The third-order valence-electron chi connectivity index (χ3n) is 3.06. The summed E-state index contributed by atoms with van der Waals surface area (Å²) >= 11 is 0. The van der Waals surface area contributed by atoms with Gasteiger partial charge in [-0.2, -0.15) is 4.57 Å². The number of nitrogens with zero attached hydrogens (tertiary/aromatic N) is 1. The molecule has 20 heavy (non-hydrogen) atoms. The number of rotatable bonds is 4. The zero-order chi connectivity index (χ0) is 13.7. The number of benzene rings is 1. The number of amides is 1. The Bertz CT molecular complexity index is 540. The summed E-state index contributed by atoms with van der Waals surface area (Å²) in [5.41, 5.74) is 2.30. The van der Waals surface area contributed by atoms with Gasteiger partial charge in [-0.05, 0) is 25.0 Å². The lowest BCUT2D eigenvalue weighted by Crippen LogP contribution is -3.00. The fourth-order valence-electron chi connectivity index (χ4n) is 1.92. The molecule has 0 fully saturated rings. The van der Waals surface area contributed by atoms with Crippen molar-refractivity contribution < 1.29 is 33.3 Å². The zero-order valence-corrected chi connectivity index (χ0v) is 13.9. The number of aromatic nitrogens is 1. The van der Waals surface area contributed by atoms with E-state index < -0.39 is 0 Å². The number of hydrogen-bond acceptors (Lipinski definition) is 1. The van der Waals surface area contributed by atoms with Gasteiger partial charge >= 0.3 is 0 Å². The van der Waals surface area contributed by atoms with Crippen molar-refractivity contribution in [3.05, 3.63) is 66.0 Å². The van der Waals surface area contributed by atoms with E-state index in [0.29, 0.717) is 6.54 Å². The highest BCUT2D eigenvalue weighted by Gasteiger charge is 2.12. The molecular weight excluding hydrogens is 363 g/mol. The highest BCUT2D eigenvalue weighted by molar-refractivity contribution is 5.74. The number of hydrogen-bond donors (Lipinski definition) is 1. The third-order valence-corrected chi connectivity index (χ3v) is 3.06. The van der Waals surface area contributed by atoms with Gasteiger partial charge in [0.1, 0.15) is 0 Å². The quantitative estimate of drug-likeness (QED) is 0.543. The summed E-state index contributed by atoms with van der Waals surface area (Å²) in [4.78, 5) is 11.9. The van der Waals surface area contributed by atoms with Crippen molar-refractivity contribution in [1.29, 1.82) is 0 Å². The Morgan fingerprint density at radius 2 is 1.75 bits per heavy atom. The van der Waals surface area contributed by atoms with Crippen LogP contribution in [0.2, 0.25) is 0 Å². The largest absolute Gasteiger partial charge is 1.00 e. The minimum atomic E-state index is 0. The average Bonchev–Trinajstić information content (AvgIpc) is 2.42. The van der Waals surface area contributed by atoms with Crippen LogP contribution in [-0.4, -0.2) is 5.91 Å². The van der Waals surface area contributed by atoms with Crippen LogP contribution in [0.3, 0.4) is 0 Å². The maximum atomic E-state index is 11.9. The summed E-state index contributed by atoms with van der Waals surface area (Å²) in [7, 11) is 0. The van der Waals surface area contributed by atoms with E-state index >= 15 is 0 Å². The maximum absolute atomic E-state index is 11.9. The average molecular weight is 382 g/mol. The molecule has 0 bridgehead atoms. The second-order valence-electron chi connectivity index (χ2n) is 4.75. The minimum Gasteiger partial charge on any atom is -1.00 e. The van der Waals surface area contributed by atoms with Crippen LogP contribution in [0.25, 0.3) is 0 Å². The molecule has 2 rings (SSSR count). The molecule has 1 atom stereocenters. The molecule has 1 N–H and O–H groups in total. The summed E-state index contributed by atoms with van der Waals surface area (Å²) in [6, 6.07) is 14.0. The molecule has 4 heteroatoms. The van der Waals surface area contributed by atoms with Gasteiger partial charge in [0.15, 0.2) is 12.4 Å². The van der Waals surface area contributed by atoms with Gasteiger partial charge in [-0.25, -0.2) is 0 Å². The molecule has 0 aliphatic rings. The third kappa shape index (κ3) is 4.92. The topological polar surface area (TPSA) is 33.0 Å². The first kappa shape index (κ1) is 16.6. The van der Waals surface area contributed by atoms with E-state index in [-0.39, 0.29) is 35.9 Å². The Morgan fingerprint density at radius 1 is 1.15 bits per heavy atom. The Kier molecular flexibility index (Phi) is 6.64. The van der Waals surface area contributed by atoms with Crippen LogP contribution in [0.4, 0.5) is 0 Å². The minimum absolute atomic E-state index is 0. The van der Waals surface area contributed by atoms with E-state index in [1.54, 1.807) is 0 Å². The first-order valence-corrected chi connectivity index (χ1v) is 6.45. The monoisotopic (exact) mass is 382 g/mol. The van der Waals surface area contributed by atoms with Crippen LogP contribution in [0.5, 0.6) is 0 Å². The number of aryl methyl sites for hydroxylation is 1. The first-order chi connectivity index (χ1) is 9.15. The highest BCUT2D eigenvalue weighted by Crippen LogP contribution is 2.10. The standard InChI is InChI=1S/C16H18N2O.HI/c1-13-8-10-18(11-9-13)12-16(19)17-14(2)15-6-4-3-5-7-15;/h3-11,14H,12H2,1-2H3;1H. The Labute approximate surface area is 137 Å². The van der Waals surface area contributed by atoms with E-state index in [1.807, 2.05) is 73.3 Å². The lowest BCUT2D eigenvalue weighted by Gasteiger charge is -2.12. The highest BCUT2D eigenvalue weighted by atomic mass is 127. The van der Waals surface area contributed by atoms with Crippen molar-refractivity contribution in [1.82, 2.24) is 5.32 Å². The van der Waals surface area contributed by atoms with E-state index in [0.717, 1.165) is 5.56 Å². The van der Waals surface area contributed by atoms with Gasteiger partial charge in [0.05, 0.1) is 6.04 Å². The van der Waals surface area contributed by atoms with Crippen LogP contribution in [0, 0.1) is 6.92 Å². The number of pyridine rings is 1. The van der Waals surface area contributed by atoms with E-state index in [2.05, 4.69) is 5.32 Å². The van der Waals surface area contributed by atoms with Crippen molar-refractivity contribution in [2.75, 3.05) is 0 Å². The molecule has 106 valence electrons. The van der Waals surface area contributed by atoms with Gasteiger partial charge in [-0.15, -0.1) is 0 Å². The smallest absolute Gasteiger partial charge is 0.286 e. The Balaban J connectivity index is 0.00000200. The van der Waals surface area contributed by atoms with Crippen LogP contribution >= 0.6 is 0 Å². The molecule has 0 aliphatic heterocycles. The van der Waals surface area contributed by atoms with Crippen molar-refractivity contribution >= 4 is 5.91 Å². The van der Waals surface area contributed by atoms with Gasteiger partial charge in [-0.3, -0.25) is 4.79 Å². The molecule has 1 aromatic heterocycles. The second-order valence-corrected chi connectivity index (χ2v) is 4.75. The van der Waals surface area contributed by atoms with Crippen LogP contribution in [0.1, 0.15) is 24.1 Å². The lowest BCUT2D eigenvalue weighted by atomic mass is 10.1. The molecule has 0 aliphatic carbocycles.